The van der Waals surface area contributed by atoms with Gasteiger partial charge in [0.05, 0.1) is 12.2 Å². The topological polar surface area (TPSA) is 64.4 Å². The smallest absolute Gasteiger partial charge is 0.409 e. The first-order valence-electron chi connectivity index (χ1n) is 6.65. The Kier molecular flexibility index (Phi) is 4.88. The van der Waals surface area contributed by atoms with E-state index in [4.69, 9.17) is 4.74 Å². The summed E-state index contributed by atoms with van der Waals surface area (Å²) in [5, 5.41) is 4.19. The molecule has 1 aromatic carbocycles. The largest absolute Gasteiger partial charge is 0.447 e. The molecule has 0 bridgehead atoms. The Labute approximate surface area is 126 Å². The molecule has 2 rings (SSSR count). The highest BCUT2D eigenvalue weighted by molar-refractivity contribution is 5.66. The lowest BCUT2D eigenvalue weighted by atomic mass is 10.1. The van der Waals surface area contributed by atoms with Gasteiger partial charge in [0.25, 0.3) is 5.56 Å². The van der Waals surface area contributed by atoms with Crippen LogP contribution in [0.25, 0.3) is 11.3 Å². The molecule has 0 aliphatic carbocycles. The Bertz CT molecular complexity index is 711. The fourth-order valence-electron chi connectivity index (χ4n) is 1.73. The zero-order chi connectivity index (χ0) is 16.1. The van der Waals surface area contributed by atoms with Crippen molar-refractivity contribution in [2.24, 2.45) is 0 Å². The van der Waals surface area contributed by atoms with Gasteiger partial charge in [-0.1, -0.05) is 0 Å². The summed E-state index contributed by atoms with van der Waals surface area (Å²) in [7, 11) is 3.14. The third kappa shape index (κ3) is 3.91. The summed E-state index contributed by atoms with van der Waals surface area (Å²) < 4.78 is 19.1. The van der Waals surface area contributed by atoms with Crippen LogP contribution in [-0.4, -0.2) is 41.5 Å². The van der Waals surface area contributed by atoms with Gasteiger partial charge in [0.2, 0.25) is 0 Å². The average Bonchev–Trinajstić information content (AvgIpc) is 2.49. The first kappa shape index (κ1) is 15.7. The second-order valence-electron chi connectivity index (χ2n) is 4.80. The van der Waals surface area contributed by atoms with Gasteiger partial charge in [-0.05, 0) is 30.3 Å². The lowest BCUT2D eigenvalue weighted by Gasteiger charge is -2.11. The minimum Gasteiger partial charge on any atom is -0.447 e. The molecule has 7 heteroatoms. The third-order valence-electron chi connectivity index (χ3n) is 2.90. The highest BCUT2D eigenvalue weighted by Crippen LogP contribution is 2.15. The average molecular weight is 305 g/mol. The van der Waals surface area contributed by atoms with Crippen LogP contribution in [0.15, 0.2) is 41.2 Å². The first-order valence-corrected chi connectivity index (χ1v) is 6.65. The number of hydrogen-bond donors (Lipinski definition) is 0. The molecule has 22 heavy (non-hydrogen) atoms. The molecule has 0 aliphatic rings. The van der Waals surface area contributed by atoms with Crippen molar-refractivity contribution in [2.45, 2.75) is 6.54 Å². The molecule has 1 amide bonds. The maximum atomic E-state index is 12.9. The maximum absolute atomic E-state index is 12.9. The fraction of sp³-hybridized carbons (Fsp3) is 0.267. The molecule has 1 aromatic heterocycles. The highest BCUT2D eigenvalue weighted by atomic mass is 19.1. The number of halogens is 1. The third-order valence-corrected chi connectivity index (χ3v) is 2.90. The zero-order valence-corrected chi connectivity index (χ0v) is 12.3. The molecule has 1 heterocycles. The van der Waals surface area contributed by atoms with Crippen molar-refractivity contribution < 1.29 is 13.9 Å². The Balaban J connectivity index is 2.12. The van der Waals surface area contributed by atoms with Crippen molar-refractivity contribution in [2.75, 3.05) is 20.7 Å². The predicted molar refractivity (Wildman–Crippen MR) is 78.9 cm³/mol. The first-order chi connectivity index (χ1) is 10.5. The molecule has 116 valence electrons. The molecule has 0 radical (unpaired) electrons. The molecular weight excluding hydrogens is 289 g/mol. The molecule has 0 unspecified atom stereocenters. The van der Waals surface area contributed by atoms with Crippen LogP contribution in [0.1, 0.15) is 0 Å². The molecule has 2 aromatic rings. The summed E-state index contributed by atoms with van der Waals surface area (Å²) >= 11 is 0. The van der Waals surface area contributed by atoms with Crippen molar-refractivity contribution in [3.63, 3.8) is 0 Å². The Hall–Kier alpha value is -2.70. The number of ether oxygens (including phenoxy) is 1. The van der Waals surface area contributed by atoms with Gasteiger partial charge in [-0.2, -0.15) is 5.10 Å². The molecular formula is C15H16FN3O3. The fourth-order valence-corrected chi connectivity index (χ4v) is 1.73. The molecule has 0 N–H and O–H groups in total. The van der Waals surface area contributed by atoms with Gasteiger partial charge in [-0.15, -0.1) is 0 Å². The number of carbonyl (C=O) groups is 1. The lowest BCUT2D eigenvalue weighted by molar-refractivity contribution is 0.113. The van der Waals surface area contributed by atoms with Gasteiger partial charge in [-0.3, -0.25) is 4.79 Å². The summed E-state index contributed by atoms with van der Waals surface area (Å²) in [5.74, 6) is -0.340. The lowest BCUT2D eigenvalue weighted by Crippen LogP contribution is -2.28. The van der Waals surface area contributed by atoms with Crippen LogP contribution in [0.3, 0.4) is 0 Å². The Morgan fingerprint density at radius 1 is 1.23 bits per heavy atom. The standard InChI is InChI=1S/C15H16FN3O3/c1-18(2)15(21)22-10-9-19-14(20)8-7-13(17-19)11-3-5-12(16)6-4-11/h3-8H,9-10H2,1-2H3. The Morgan fingerprint density at radius 2 is 1.91 bits per heavy atom. The van der Waals surface area contributed by atoms with Crippen molar-refractivity contribution >= 4 is 6.09 Å². The molecule has 0 saturated carbocycles. The number of aromatic nitrogens is 2. The number of amides is 1. The second-order valence-corrected chi connectivity index (χ2v) is 4.80. The summed E-state index contributed by atoms with van der Waals surface area (Å²) in [6, 6.07) is 8.76. The normalized spacial score (nSPS) is 10.3. The summed E-state index contributed by atoms with van der Waals surface area (Å²) in [4.78, 5) is 24.4. The van der Waals surface area contributed by atoms with Crippen LogP contribution >= 0.6 is 0 Å². The van der Waals surface area contributed by atoms with E-state index in [2.05, 4.69) is 5.10 Å². The SMILES string of the molecule is CN(C)C(=O)OCCn1nc(-c2ccc(F)cc2)ccc1=O. The highest BCUT2D eigenvalue weighted by Gasteiger charge is 2.07. The molecule has 0 saturated heterocycles. The van der Waals surface area contributed by atoms with Crippen molar-refractivity contribution in [3.05, 3.63) is 52.6 Å². The summed E-state index contributed by atoms with van der Waals surface area (Å²) in [6.45, 7) is 0.185. The van der Waals surface area contributed by atoms with E-state index in [1.54, 1.807) is 32.3 Å². The van der Waals surface area contributed by atoms with Crippen LogP contribution in [-0.2, 0) is 11.3 Å². The van der Waals surface area contributed by atoms with Gasteiger partial charge < -0.3 is 9.64 Å². The van der Waals surface area contributed by atoms with E-state index in [0.29, 0.717) is 11.3 Å². The van der Waals surface area contributed by atoms with E-state index in [0.717, 1.165) is 0 Å². The molecule has 0 aliphatic heterocycles. The van der Waals surface area contributed by atoms with Crippen LogP contribution in [0.5, 0.6) is 0 Å². The van der Waals surface area contributed by atoms with E-state index in [1.807, 2.05) is 0 Å². The van der Waals surface area contributed by atoms with Gasteiger partial charge in [0, 0.05) is 25.7 Å². The van der Waals surface area contributed by atoms with E-state index in [-0.39, 0.29) is 24.5 Å². The van der Waals surface area contributed by atoms with Crippen LogP contribution in [0.4, 0.5) is 9.18 Å². The second kappa shape index (κ2) is 6.84. The van der Waals surface area contributed by atoms with Crippen LogP contribution in [0, 0.1) is 5.82 Å². The van der Waals surface area contributed by atoms with Gasteiger partial charge in [0.1, 0.15) is 12.4 Å². The minimum atomic E-state index is -0.484. The molecule has 0 fully saturated rings. The molecule has 6 nitrogen and oxygen atoms in total. The van der Waals surface area contributed by atoms with Gasteiger partial charge >= 0.3 is 6.09 Å². The van der Waals surface area contributed by atoms with Crippen LogP contribution in [0.2, 0.25) is 0 Å². The summed E-state index contributed by atoms with van der Waals surface area (Å²) in [5.41, 5.74) is 0.936. The van der Waals surface area contributed by atoms with E-state index in [1.165, 1.54) is 27.8 Å². The summed E-state index contributed by atoms with van der Waals surface area (Å²) in [6.07, 6.45) is -0.484. The number of carbonyl (C=O) groups excluding carboxylic acids is 1. The van der Waals surface area contributed by atoms with E-state index >= 15 is 0 Å². The van der Waals surface area contributed by atoms with Crippen molar-refractivity contribution in [1.29, 1.82) is 0 Å². The molecule has 0 spiro atoms. The zero-order valence-electron chi connectivity index (χ0n) is 12.3. The number of benzene rings is 1. The quantitative estimate of drug-likeness (QED) is 0.863. The minimum absolute atomic E-state index is 0.0385. The van der Waals surface area contributed by atoms with Crippen molar-refractivity contribution in [3.8, 4) is 11.3 Å². The number of hydrogen-bond acceptors (Lipinski definition) is 4. The van der Waals surface area contributed by atoms with Gasteiger partial charge in [-0.25, -0.2) is 13.9 Å². The van der Waals surface area contributed by atoms with Crippen LogP contribution < -0.4 is 5.56 Å². The Morgan fingerprint density at radius 3 is 2.55 bits per heavy atom. The number of rotatable bonds is 4. The molecule has 0 atom stereocenters. The maximum Gasteiger partial charge on any atom is 0.409 e. The number of nitrogens with zero attached hydrogens (tertiary/aromatic N) is 3. The van der Waals surface area contributed by atoms with Crippen molar-refractivity contribution in [1.82, 2.24) is 14.7 Å². The van der Waals surface area contributed by atoms with E-state index < -0.39 is 6.09 Å². The van der Waals surface area contributed by atoms with Gasteiger partial charge in [0.15, 0.2) is 0 Å². The van der Waals surface area contributed by atoms with E-state index in [9.17, 15) is 14.0 Å². The monoisotopic (exact) mass is 305 g/mol. The predicted octanol–water partition coefficient (Wildman–Crippen LogP) is 1.75.